The molecule has 0 spiro atoms. The van der Waals surface area contributed by atoms with Crippen molar-refractivity contribution in [2.24, 2.45) is 0 Å². The van der Waals surface area contributed by atoms with E-state index in [4.69, 9.17) is 9.47 Å². The fourth-order valence-corrected chi connectivity index (χ4v) is 5.03. The molecular formula is C20H25NO4S. The molecule has 1 aliphatic carbocycles. The molecule has 1 fully saturated rings. The van der Waals surface area contributed by atoms with Crippen molar-refractivity contribution in [1.82, 2.24) is 4.31 Å². The Bertz CT molecular complexity index is 904. The first-order chi connectivity index (χ1) is 12.4. The molecule has 0 saturated heterocycles. The predicted molar refractivity (Wildman–Crippen MR) is 101 cm³/mol. The number of benzene rings is 2. The molecule has 0 bridgehead atoms. The topological polar surface area (TPSA) is 55.8 Å². The normalized spacial score (nSPS) is 14.5. The van der Waals surface area contributed by atoms with E-state index in [2.05, 4.69) is 0 Å². The lowest BCUT2D eigenvalue weighted by molar-refractivity contribution is 0.369. The average molecular weight is 375 g/mol. The number of ether oxygens (including phenoxy) is 2. The van der Waals surface area contributed by atoms with E-state index in [0.717, 1.165) is 29.5 Å². The molecule has 0 N–H and O–H groups in total. The zero-order valence-electron chi connectivity index (χ0n) is 15.7. The third-order valence-corrected chi connectivity index (χ3v) is 6.74. The molecule has 5 nitrogen and oxygen atoms in total. The van der Waals surface area contributed by atoms with Crippen molar-refractivity contribution < 1.29 is 17.9 Å². The van der Waals surface area contributed by atoms with Gasteiger partial charge in [0.25, 0.3) is 0 Å². The molecule has 0 aliphatic heterocycles. The molecule has 26 heavy (non-hydrogen) atoms. The number of aryl methyl sites for hydroxylation is 2. The standard InChI is InChI=1S/C20H25NO4S/c1-14-5-6-15(2)20(11-14)26(22,23)21(17-7-8-17)13-16-12-18(24-3)9-10-19(16)25-4/h5-6,9-12,17H,7-8,13H2,1-4H3. The number of hydrogen-bond donors (Lipinski definition) is 0. The molecule has 0 aromatic heterocycles. The molecule has 0 atom stereocenters. The Morgan fingerprint density at radius 1 is 1.04 bits per heavy atom. The van der Waals surface area contributed by atoms with E-state index in [9.17, 15) is 8.42 Å². The highest BCUT2D eigenvalue weighted by atomic mass is 32.2. The van der Waals surface area contributed by atoms with Crippen molar-refractivity contribution in [3.05, 3.63) is 53.1 Å². The van der Waals surface area contributed by atoms with Crippen LogP contribution in [0.15, 0.2) is 41.3 Å². The summed E-state index contributed by atoms with van der Waals surface area (Å²) in [5.74, 6) is 1.34. The van der Waals surface area contributed by atoms with Crippen molar-refractivity contribution in [2.75, 3.05) is 14.2 Å². The van der Waals surface area contributed by atoms with Gasteiger partial charge in [0.05, 0.1) is 19.1 Å². The van der Waals surface area contributed by atoms with Crippen LogP contribution in [0.1, 0.15) is 29.5 Å². The Morgan fingerprint density at radius 3 is 2.38 bits per heavy atom. The molecule has 0 unspecified atom stereocenters. The van der Waals surface area contributed by atoms with Crippen LogP contribution in [0.5, 0.6) is 11.5 Å². The van der Waals surface area contributed by atoms with Crippen molar-refractivity contribution in [1.29, 1.82) is 0 Å². The Labute approximate surface area is 155 Å². The maximum atomic E-state index is 13.4. The maximum Gasteiger partial charge on any atom is 0.243 e. The summed E-state index contributed by atoms with van der Waals surface area (Å²) in [6.45, 7) is 4.01. The summed E-state index contributed by atoms with van der Waals surface area (Å²) in [5, 5.41) is 0. The monoisotopic (exact) mass is 375 g/mol. The number of rotatable bonds is 7. The Morgan fingerprint density at radius 2 is 1.77 bits per heavy atom. The molecule has 0 amide bonds. The van der Waals surface area contributed by atoms with Crippen molar-refractivity contribution in [3.63, 3.8) is 0 Å². The summed E-state index contributed by atoms with van der Waals surface area (Å²) in [7, 11) is -0.413. The fourth-order valence-electron chi connectivity index (χ4n) is 3.06. The van der Waals surface area contributed by atoms with Crippen molar-refractivity contribution in [2.45, 2.75) is 44.2 Å². The number of hydrogen-bond acceptors (Lipinski definition) is 4. The van der Waals surface area contributed by atoms with Crippen LogP contribution >= 0.6 is 0 Å². The van der Waals surface area contributed by atoms with E-state index < -0.39 is 10.0 Å². The van der Waals surface area contributed by atoms with Crippen LogP contribution in [0.2, 0.25) is 0 Å². The van der Waals surface area contributed by atoms with Crippen LogP contribution in [0, 0.1) is 13.8 Å². The van der Waals surface area contributed by atoms with Gasteiger partial charge in [-0.3, -0.25) is 0 Å². The van der Waals surface area contributed by atoms with E-state index in [1.165, 1.54) is 0 Å². The third-order valence-electron chi connectivity index (χ3n) is 4.70. The fraction of sp³-hybridized carbons (Fsp3) is 0.400. The minimum atomic E-state index is -3.60. The number of methoxy groups -OCH3 is 2. The summed E-state index contributed by atoms with van der Waals surface area (Å²) in [4.78, 5) is 0.381. The molecule has 0 radical (unpaired) electrons. The lowest BCUT2D eigenvalue weighted by Crippen LogP contribution is -2.33. The van der Waals surface area contributed by atoms with Crippen LogP contribution in [0.4, 0.5) is 0 Å². The first kappa shape index (κ1) is 18.7. The summed E-state index contributed by atoms with van der Waals surface area (Å²) in [6.07, 6.45) is 1.77. The second-order valence-corrected chi connectivity index (χ2v) is 8.59. The summed E-state index contributed by atoms with van der Waals surface area (Å²) >= 11 is 0. The van der Waals surface area contributed by atoms with E-state index in [-0.39, 0.29) is 12.6 Å². The molecule has 1 aliphatic rings. The number of sulfonamides is 1. The second-order valence-electron chi connectivity index (χ2n) is 6.73. The van der Waals surface area contributed by atoms with E-state index in [1.807, 2.05) is 44.2 Å². The van der Waals surface area contributed by atoms with Gasteiger partial charge in [-0.2, -0.15) is 4.31 Å². The van der Waals surface area contributed by atoms with E-state index >= 15 is 0 Å². The van der Waals surface area contributed by atoms with Crippen LogP contribution in [-0.4, -0.2) is 33.0 Å². The van der Waals surface area contributed by atoms with Crippen LogP contribution < -0.4 is 9.47 Å². The van der Waals surface area contributed by atoms with Gasteiger partial charge in [0.15, 0.2) is 0 Å². The van der Waals surface area contributed by atoms with Crippen molar-refractivity contribution in [3.8, 4) is 11.5 Å². The number of nitrogens with zero attached hydrogens (tertiary/aromatic N) is 1. The first-order valence-corrected chi connectivity index (χ1v) is 10.1. The smallest absolute Gasteiger partial charge is 0.243 e. The summed E-state index contributed by atoms with van der Waals surface area (Å²) in [5.41, 5.74) is 2.50. The molecule has 2 aromatic carbocycles. The minimum absolute atomic E-state index is 0.0378. The first-order valence-electron chi connectivity index (χ1n) is 8.67. The zero-order valence-corrected chi connectivity index (χ0v) is 16.5. The highest BCUT2D eigenvalue weighted by Gasteiger charge is 2.39. The van der Waals surface area contributed by atoms with Gasteiger partial charge in [0, 0.05) is 18.2 Å². The maximum absolute atomic E-state index is 13.4. The van der Waals surface area contributed by atoms with Crippen LogP contribution in [0.25, 0.3) is 0 Å². The summed E-state index contributed by atoms with van der Waals surface area (Å²) in [6, 6.07) is 11.0. The van der Waals surface area contributed by atoms with Gasteiger partial charge in [0.1, 0.15) is 11.5 Å². The molecule has 2 aromatic rings. The third kappa shape index (κ3) is 3.71. The van der Waals surface area contributed by atoms with Gasteiger partial charge in [-0.05, 0) is 62.1 Å². The lowest BCUT2D eigenvalue weighted by Gasteiger charge is -2.24. The van der Waals surface area contributed by atoms with E-state index in [1.54, 1.807) is 24.6 Å². The van der Waals surface area contributed by atoms with E-state index in [0.29, 0.717) is 16.4 Å². The van der Waals surface area contributed by atoms with Crippen molar-refractivity contribution >= 4 is 10.0 Å². The predicted octanol–water partition coefficient (Wildman–Crippen LogP) is 3.67. The van der Waals surface area contributed by atoms with Crippen LogP contribution in [0.3, 0.4) is 0 Å². The highest BCUT2D eigenvalue weighted by molar-refractivity contribution is 7.89. The Kier molecular flexibility index (Phi) is 5.25. The quantitative estimate of drug-likeness (QED) is 0.741. The summed E-state index contributed by atoms with van der Waals surface area (Å²) < 4.78 is 39.1. The van der Waals surface area contributed by atoms with Crippen LogP contribution in [-0.2, 0) is 16.6 Å². The molecule has 6 heteroatoms. The molecule has 0 heterocycles. The van der Waals surface area contributed by atoms with Gasteiger partial charge < -0.3 is 9.47 Å². The molecule has 3 rings (SSSR count). The molecular weight excluding hydrogens is 350 g/mol. The van der Waals surface area contributed by atoms with Gasteiger partial charge >= 0.3 is 0 Å². The van der Waals surface area contributed by atoms with Gasteiger partial charge in [0.2, 0.25) is 10.0 Å². The average Bonchev–Trinajstić information content (AvgIpc) is 3.46. The zero-order chi connectivity index (χ0) is 18.9. The van der Waals surface area contributed by atoms with Gasteiger partial charge in [-0.25, -0.2) is 8.42 Å². The molecule has 140 valence electrons. The lowest BCUT2D eigenvalue weighted by atomic mass is 10.2. The second kappa shape index (κ2) is 7.29. The molecule has 1 saturated carbocycles. The van der Waals surface area contributed by atoms with Gasteiger partial charge in [-0.1, -0.05) is 12.1 Å². The highest BCUT2D eigenvalue weighted by Crippen LogP contribution is 2.36. The Hall–Kier alpha value is -2.05. The minimum Gasteiger partial charge on any atom is -0.497 e. The Balaban J connectivity index is 2.02. The SMILES string of the molecule is COc1ccc(OC)c(CN(C2CC2)S(=O)(=O)c2cc(C)ccc2C)c1. The van der Waals surface area contributed by atoms with Gasteiger partial charge in [-0.15, -0.1) is 0 Å². The largest absolute Gasteiger partial charge is 0.497 e.